The fraction of sp³-hybridized carbons (Fsp3) is 0.0909. The molecule has 0 radical (unpaired) electrons. The predicted molar refractivity (Wildman–Crippen MR) is 114 cm³/mol. The summed E-state index contributed by atoms with van der Waals surface area (Å²) in [5, 5.41) is 0.950. The largest absolute Gasteiger partial charge is 0.457 e. The number of ether oxygens (including phenoxy) is 1. The van der Waals surface area contributed by atoms with Crippen molar-refractivity contribution < 1.29 is 21.9 Å². The van der Waals surface area contributed by atoms with E-state index in [1.165, 1.54) is 37.5 Å². The lowest BCUT2D eigenvalue weighted by molar-refractivity contribution is 0.472. The molecule has 0 saturated heterocycles. The summed E-state index contributed by atoms with van der Waals surface area (Å²) in [6, 6.07) is 12.2. The molecule has 0 aliphatic heterocycles. The molecule has 9 heteroatoms. The summed E-state index contributed by atoms with van der Waals surface area (Å²) in [4.78, 5) is 8.15. The van der Waals surface area contributed by atoms with Crippen LogP contribution >= 0.6 is 11.6 Å². The maximum absolute atomic E-state index is 14.7. The van der Waals surface area contributed by atoms with Crippen LogP contribution in [0.4, 0.5) is 8.78 Å². The minimum Gasteiger partial charge on any atom is -0.457 e. The Bertz CT molecular complexity index is 1410. The molecule has 0 spiro atoms. The second-order valence-electron chi connectivity index (χ2n) is 6.63. The standard InChI is InChI=1S/C22H15ClF2N2O3S/c1-2-31(28,29)16-9-13(24)8-15(10-16)30-14-6-7-20(25)18(11-14)21-17-4-3-5-19(23)22(17)27-12-26-21/h3-12H,2H2,1H3. The lowest BCUT2D eigenvalue weighted by Crippen LogP contribution is -2.04. The summed E-state index contributed by atoms with van der Waals surface area (Å²) in [5.74, 6) is -1.35. The number of halogens is 3. The van der Waals surface area contributed by atoms with Crippen LogP contribution in [0.2, 0.25) is 5.02 Å². The van der Waals surface area contributed by atoms with Crippen molar-refractivity contribution in [3.05, 3.63) is 77.6 Å². The topological polar surface area (TPSA) is 69.2 Å². The first-order valence-corrected chi connectivity index (χ1v) is 11.2. The first-order chi connectivity index (χ1) is 14.8. The van der Waals surface area contributed by atoms with E-state index in [0.29, 0.717) is 21.6 Å². The molecular weight excluding hydrogens is 446 g/mol. The number of fused-ring (bicyclic) bond motifs is 1. The summed E-state index contributed by atoms with van der Waals surface area (Å²) in [7, 11) is -3.63. The van der Waals surface area contributed by atoms with Gasteiger partial charge >= 0.3 is 0 Å². The monoisotopic (exact) mass is 460 g/mol. The van der Waals surface area contributed by atoms with Gasteiger partial charge in [0.25, 0.3) is 0 Å². The Balaban J connectivity index is 1.78. The zero-order valence-corrected chi connectivity index (χ0v) is 17.7. The molecule has 0 amide bonds. The van der Waals surface area contributed by atoms with Crippen LogP contribution < -0.4 is 4.74 Å². The SMILES string of the molecule is CCS(=O)(=O)c1cc(F)cc(Oc2ccc(F)c(-c3ncnc4c(Cl)cccc34)c2)c1. The third-order valence-corrected chi connectivity index (χ3v) is 6.65. The van der Waals surface area contributed by atoms with Gasteiger partial charge in [0.1, 0.15) is 29.5 Å². The van der Waals surface area contributed by atoms with Gasteiger partial charge in [0.15, 0.2) is 9.84 Å². The van der Waals surface area contributed by atoms with Crippen LogP contribution in [0.1, 0.15) is 6.92 Å². The van der Waals surface area contributed by atoms with Crippen molar-refractivity contribution >= 4 is 32.3 Å². The number of sulfone groups is 1. The van der Waals surface area contributed by atoms with E-state index in [1.807, 2.05) is 0 Å². The fourth-order valence-electron chi connectivity index (χ4n) is 3.09. The van der Waals surface area contributed by atoms with E-state index in [4.69, 9.17) is 16.3 Å². The Morgan fingerprint density at radius 1 is 1.00 bits per heavy atom. The lowest BCUT2D eigenvalue weighted by Gasteiger charge is -2.11. The van der Waals surface area contributed by atoms with Crippen LogP contribution in [0.15, 0.2) is 65.8 Å². The smallest absolute Gasteiger partial charge is 0.178 e. The first-order valence-electron chi connectivity index (χ1n) is 9.19. The van der Waals surface area contributed by atoms with Crippen molar-refractivity contribution in [2.75, 3.05) is 5.75 Å². The summed E-state index contributed by atoms with van der Waals surface area (Å²) >= 11 is 6.18. The highest BCUT2D eigenvalue weighted by molar-refractivity contribution is 7.91. The van der Waals surface area contributed by atoms with Gasteiger partial charge in [-0.25, -0.2) is 27.2 Å². The van der Waals surface area contributed by atoms with Gasteiger partial charge in [-0.2, -0.15) is 0 Å². The second-order valence-corrected chi connectivity index (χ2v) is 9.31. The van der Waals surface area contributed by atoms with Crippen LogP contribution in [0.3, 0.4) is 0 Å². The zero-order valence-electron chi connectivity index (χ0n) is 16.1. The highest BCUT2D eigenvalue weighted by atomic mass is 35.5. The molecule has 0 saturated carbocycles. The van der Waals surface area contributed by atoms with Crippen molar-refractivity contribution in [3.63, 3.8) is 0 Å². The molecule has 158 valence electrons. The van der Waals surface area contributed by atoms with Crippen LogP contribution in [0.5, 0.6) is 11.5 Å². The molecule has 0 aliphatic carbocycles. The van der Waals surface area contributed by atoms with Gasteiger partial charge in [-0.1, -0.05) is 30.7 Å². The molecule has 0 fully saturated rings. The number of para-hydroxylation sites is 1. The van der Waals surface area contributed by atoms with Crippen molar-refractivity contribution in [1.29, 1.82) is 0 Å². The number of benzene rings is 3. The van der Waals surface area contributed by atoms with Gasteiger partial charge in [0.2, 0.25) is 0 Å². The van der Waals surface area contributed by atoms with Gasteiger partial charge in [-0.05, 0) is 36.4 Å². The Hall–Kier alpha value is -3.10. The average Bonchev–Trinajstić information content (AvgIpc) is 2.75. The predicted octanol–water partition coefficient (Wildman–Crippen LogP) is 5.81. The quantitative estimate of drug-likeness (QED) is 0.375. The number of rotatable bonds is 5. The van der Waals surface area contributed by atoms with E-state index in [1.54, 1.807) is 18.2 Å². The van der Waals surface area contributed by atoms with Gasteiger partial charge in [-0.15, -0.1) is 0 Å². The lowest BCUT2D eigenvalue weighted by atomic mass is 10.1. The van der Waals surface area contributed by atoms with Crippen LogP contribution in [0.25, 0.3) is 22.2 Å². The Morgan fingerprint density at radius 3 is 2.58 bits per heavy atom. The Kier molecular flexibility index (Phi) is 5.60. The van der Waals surface area contributed by atoms with Crippen molar-refractivity contribution in [2.24, 2.45) is 0 Å². The molecule has 3 aromatic carbocycles. The third kappa shape index (κ3) is 4.22. The molecule has 0 bridgehead atoms. The molecule has 31 heavy (non-hydrogen) atoms. The summed E-state index contributed by atoms with van der Waals surface area (Å²) in [6.07, 6.45) is 1.28. The average molecular weight is 461 g/mol. The van der Waals surface area contributed by atoms with Gasteiger partial charge in [0, 0.05) is 17.0 Å². The summed E-state index contributed by atoms with van der Waals surface area (Å²) in [5.41, 5.74) is 0.911. The van der Waals surface area contributed by atoms with Gasteiger partial charge < -0.3 is 4.74 Å². The van der Waals surface area contributed by atoms with E-state index in [0.717, 1.165) is 12.1 Å². The van der Waals surface area contributed by atoms with E-state index in [9.17, 15) is 17.2 Å². The molecule has 0 atom stereocenters. The molecular formula is C22H15ClF2N2O3S. The van der Waals surface area contributed by atoms with E-state index in [-0.39, 0.29) is 27.7 Å². The maximum atomic E-state index is 14.7. The van der Waals surface area contributed by atoms with Crippen LogP contribution in [-0.4, -0.2) is 24.1 Å². The highest BCUT2D eigenvalue weighted by Gasteiger charge is 2.17. The molecule has 0 N–H and O–H groups in total. The van der Waals surface area contributed by atoms with Crippen molar-refractivity contribution in [2.45, 2.75) is 11.8 Å². The minimum absolute atomic E-state index is 0.0276. The maximum Gasteiger partial charge on any atom is 0.178 e. The van der Waals surface area contributed by atoms with Crippen molar-refractivity contribution in [1.82, 2.24) is 9.97 Å². The number of nitrogens with zero attached hydrogens (tertiary/aromatic N) is 2. The zero-order chi connectivity index (χ0) is 22.2. The third-order valence-electron chi connectivity index (χ3n) is 4.63. The number of hydrogen-bond donors (Lipinski definition) is 0. The minimum atomic E-state index is -3.63. The molecule has 4 rings (SSSR count). The van der Waals surface area contributed by atoms with E-state index in [2.05, 4.69) is 9.97 Å². The first kappa shape index (κ1) is 21.1. The molecule has 1 heterocycles. The number of aromatic nitrogens is 2. The molecule has 0 aliphatic rings. The summed E-state index contributed by atoms with van der Waals surface area (Å²) < 4.78 is 58.5. The van der Waals surface area contributed by atoms with Gasteiger partial charge in [-0.3, -0.25) is 0 Å². The van der Waals surface area contributed by atoms with Crippen LogP contribution in [-0.2, 0) is 9.84 Å². The Morgan fingerprint density at radius 2 is 1.81 bits per heavy atom. The van der Waals surface area contributed by atoms with E-state index >= 15 is 0 Å². The molecule has 5 nitrogen and oxygen atoms in total. The fourth-order valence-corrected chi connectivity index (χ4v) is 4.24. The van der Waals surface area contributed by atoms with Gasteiger partial charge in [0.05, 0.1) is 26.9 Å². The second kappa shape index (κ2) is 8.20. The number of hydrogen-bond acceptors (Lipinski definition) is 5. The summed E-state index contributed by atoms with van der Waals surface area (Å²) in [6.45, 7) is 1.46. The van der Waals surface area contributed by atoms with Crippen molar-refractivity contribution in [3.8, 4) is 22.8 Å². The normalized spacial score (nSPS) is 11.6. The van der Waals surface area contributed by atoms with E-state index < -0.39 is 21.5 Å². The molecule has 1 aromatic heterocycles. The van der Waals surface area contributed by atoms with Crippen LogP contribution in [0, 0.1) is 11.6 Å². The molecule has 4 aromatic rings. The Labute approximate surface area is 182 Å². The molecule has 0 unspecified atom stereocenters. The highest BCUT2D eigenvalue weighted by Crippen LogP contribution is 2.34.